The van der Waals surface area contributed by atoms with Crippen molar-refractivity contribution in [3.05, 3.63) is 172 Å². The molecule has 0 fully saturated rings. The zero-order valence-electron chi connectivity index (χ0n) is 37.5. The Bertz CT molecular complexity index is 2420. The van der Waals surface area contributed by atoms with E-state index in [1.807, 2.05) is 32.9 Å². The lowest BCUT2D eigenvalue weighted by molar-refractivity contribution is 0.102. The maximum atomic E-state index is 13.3. The van der Waals surface area contributed by atoms with E-state index in [1.165, 1.54) is 38.2 Å². The summed E-state index contributed by atoms with van der Waals surface area (Å²) in [5.74, 6) is 0.533. The molecule has 0 aliphatic heterocycles. The molecule has 0 radical (unpaired) electrons. The van der Waals surface area contributed by atoms with E-state index >= 15 is 0 Å². The van der Waals surface area contributed by atoms with E-state index in [1.54, 1.807) is 31.2 Å². The molecule has 0 N–H and O–H groups in total. The van der Waals surface area contributed by atoms with Gasteiger partial charge in [-0.15, -0.1) is 0 Å². The Kier molecular flexibility index (Phi) is 16.7. The number of Topliss-reactive ketones (excluding diaryl/α,β-unsaturated/α-hetero) is 1. The molecule has 0 heterocycles. The minimum absolute atomic E-state index is 0.184. The summed E-state index contributed by atoms with van der Waals surface area (Å²) >= 11 is 0. The lowest BCUT2D eigenvalue weighted by atomic mass is 9.80. The molecule has 0 saturated heterocycles. The third-order valence-electron chi connectivity index (χ3n) is 9.92. The number of hydrogen-bond acceptors (Lipinski definition) is 2. The summed E-state index contributed by atoms with van der Waals surface area (Å²) < 4.78 is 0. The van der Waals surface area contributed by atoms with Gasteiger partial charge in [0, 0.05) is 11.1 Å². The van der Waals surface area contributed by atoms with Gasteiger partial charge >= 0.3 is 0 Å². The molecule has 0 aliphatic carbocycles. The quantitative estimate of drug-likeness (QED) is 0.0405. The highest BCUT2D eigenvalue weighted by Gasteiger charge is 2.20. The number of aldehydes is 1. The van der Waals surface area contributed by atoms with Crippen molar-refractivity contribution in [2.75, 3.05) is 0 Å². The number of rotatable bonds is 7. The lowest BCUT2D eigenvalue weighted by Crippen LogP contribution is -2.16. The van der Waals surface area contributed by atoms with Gasteiger partial charge in [0.2, 0.25) is 0 Å². The topological polar surface area (TPSA) is 34.1 Å². The van der Waals surface area contributed by atoms with Crippen LogP contribution in [0, 0.1) is 12.8 Å². The number of aryl methyl sites for hydroxylation is 1. The molecular weight excluding hydrogens is 705 g/mol. The average molecular weight is 771 g/mol. The van der Waals surface area contributed by atoms with Crippen LogP contribution in [0.4, 0.5) is 0 Å². The predicted molar refractivity (Wildman–Crippen MR) is 259 cm³/mol. The minimum atomic E-state index is -0.184. The first-order valence-corrected chi connectivity index (χ1v) is 20.6. The molecule has 0 aromatic heterocycles. The summed E-state index contributed by atoms with van der Waals surface area (Å²) in [7, 11) is 0. The predicted octanol–water partition coefficient (Wildman–Crippen LogP) is 16.4. The third-order valence-corrected chi connectivity index (χ3v) is 9.92. The number of ketones is 1. The van der Waals surface area contributed by atoms with E-state index in [9.17, 15) is 9.59 Å². The van der Waals surface area contributed by atoms with E-state index in [-0.39, 0.29) is 16.6 Å². The van der Waals surface area contributed by atoms with E-state index in [0.717, 1.165) is 33.4 Å². The first-order chi connectivity index (χ1) is 27.4. The Morgan fingerprint density at radius 2 is 1.21 bits per heavy atom. The maximum Gasteiger partial charge on any atom is 0.189 e. The fourth-order valence-corrected chi connectivity index (χ4v) is 6.72. The Hall–Kier alpha value is -5.60. The van der Waals surface area contributed by atoms with Crippen LogP contribution < -0.4 is 0 Å². The van der Waals surface area contributed by atoms with Crippen LogP contribution in [-0.2, 0) is 10.8 Å². The number of benzene rings is 6. The second kappa shape index (κ2) is 20.7. The highest BCUT2D eigenvalue weighted by Crippen LogP contribution is 2.32. The summed E-state index contributed by atoms with van der Waals surface area (Å²) in [6.45, 7) is 35.6. The molecule has 6 aromatic rings. The van der Waals surface area contributed by atoms with Crippen LogP contribution in [0.2, 0.25) is 0 Å². The lowest BCUT2D eigenvalue weighted by Gasteiger charge is -2.25. The van der Waals surface area contributed by atoms with Gasteiger partial charge in [-0.25, -0.2) is 0 Å². The fourth-order valence-electron chi connectivity index (χ4n) is 6.72. The normalized spacial score (nSPS) is 11.7. The van der Waals surface area contributed by atoms with Crippen LogP contribution in [0.5, 0.6) is 0 Å². The van der Waals surface area contributed by atoms with Gasteiger partial charge in [-0.1, -0.05) is 179 Å². The minimum Gasteiger partial charge on any atom is -0.298 e. The van der Waals surface area contributed by atoms with Crippen LogP contribution in [0.15, 0.2) is 128 Å². The van der Waals surface area contributed by atoms with Crippen LogP contribution in [-0.4, -0.2) is 12.1 Å². The van der Waals surface area contributed by atoms with Crippen molar-refractivity contribution in [1.82, 2.24) is 0 Å². The molecule has 6 aromatic carbocycles. The molecule has 0 aliphatic rings. The average Bonchev–Trinajstić information content (AvgIpc) is 3.19. The third kappa shape index (κ3) is 12.2. The zero-order chi connectivity index (χ0) is 43.4. The summed E-state index contributed by atoms with van der Waals surface area (Å²) in [4.78, 5) is 25.0. The smallest absolute Gasteiger partial charge is 0.189 e. The number of carbonyl (C=O) groups excluding carboxylic acids is 2. The first-order valence-electron chi connectivity index (χ1n) is 20.6. The first kappa shape index (κ1) is 46.8. The Labute approximate surface area is 350 Å². The largest absolute Gasteiger partial charge is 0.298 e. The van der Waals surface area contributed by atoms with Gasteiger partial charge in [0.25, 0.3) is 0 Å². The highest BCUT2D eigenvalue weighted by molar-refractivity contribution is 6.15. The van der Waals surface area contributed by atoms with Crippen LogP contribution in [0.3, 0.4) is 0 Å². The molecule has 0 atom stereocenters. The molecule has 58 heavy (non-hydrogen) atoms. The Balaban J connectivity index is 0.000000324. The fraction of sp³-hybridized carbons (Fsp3) is 0.286. The monoisotopic (exact) mass is 771 g/mol. The van der Waals surface area contributed by atoms with Crippen molar-refractivity contribution in [2.45, 2.75) is 101 Å². The molecule has 0 saturated carbocycles. The molecule has 302 valence electrons. The van der Waals surface area contributed by atoms with Crippen molar-refractivity contribution in [3.63, 3.8) is 0 Å². The number of fused-ring (bicyclic) bond motifs is 4. The van der Waals surface area contributed by atoms with Crippen LogP contribution in [0.1, 0.15) is 137 Å². The van der Waals surface area contributed by atoms with Crippen molar-refractivity contribution in [3.8, 4) is 0 Å². The molecule has 2 nitrogen and oxygen atoms in total. The van der Waals surface area contributed by atoms with Crippen LogP contribution in [0.25, 0.3) is 50.5 Å². The van der Waals surface area contributed by atoms with Gasteiger partial charge in [0.05, 0.1) is 0 Å². The molecule has 0 unspecified atom stereocenters. The molecule has 0 amide bonds. The Morgan fingerprint density at radius 3 is 1.74 bits per heavy atom. The van der Waals surface area contributed by atoms with Gasteiger partial charge in [0.1, 0.15) is 0 Å². The number of carbonyl (C=O) groups is 2. The van der Waals surface area contributed by atoms with Gasteiger partial charge in [0.15, 0.2) is 12.1 Å². The molecular formula is C56H66O2. The molecule has 2 heteroatoms. The van der Waals surface area contributed by atoms with Crippen LogP contribution >= 0.6 is 0 Å². The van der Waals surface area contributed by atoms with Gasteiger partial charge < -0.3 is 0 Å². The number of allylic oxidation sites excluding steroid dienone is 3. The summed E-state index contributed by atoms with van der Waals surface area (Å²) in [6, 6.07) is 33.7. The molecule has 6 rings (SSSR count). The zero-order valence-corrected chi connectivity index (χ0v) is 37.5. The van der Waals surface area contributed by atoms with E-state index in [0.29, 0.717) is 23.0 Å². The summed E-state index contributed by atoms with van der Waals surface area (Å²) in [6.07, 6.45) is 10.1. The van der Waals surface area contributed by atoms with E-state index < -0.39 is 0 Å². The van der Waals surface area contributed by atoms with Crippen molar-refractivity contribution in [1.29, 1.82) is 0 Å². The molecule has 0 bridgehead atoms. The van der Waals surface area contributed by atoms with Gasteiger partial charge in [-0.05, 0) is 140 Å². The van der Waals surface area contributed by atoms with Crippen molar-refractivity contribution < 1.29 is 9.59 Å². The second-order valence-electron chi connectivity index (χ2n) is 17.1. The summed E-state index contributed by atoms with van der Waals surface area (Å²) in [5.41, 5.74) is 8.48. The number of hydrogen-bond donors (Lipinski definition) is 0. The SMILES string of the molecule is C/C=C\C(C)C.C=Cc1cc(C=O)c(C(=O)/C(C)=C\c2ccc3cc4c(ccc5ccccc54)cc3c2)cc1C=C.CC.Cc1cc(C(C)(C)C)cc(C(C)(C)C)c1. The van der Waals surface area contributed by atoms with E-state index in [2.05, 4.69) is 166 Å². The van der Waals surface area contributed by atoms with Gasteiger partial charge in [-0.2, -0.15) is 0 Å². The van der Waals surface area contributed by atoms with Crippen molar-refractivity contribution in [2.24, 2.45) is 5.92 Å². The van der Waals surface area contributed by atoms with Crippen molar-refractivity contribution >= 4 is 62.6 Å². The standard InChI is InChI=1S/C33H24O2.C15H24.C6H12.C2H6/c1-4-23-16-29(20-34)32(18-24(23)5-2)33(35)21(3)14-22-10-11-26-19-31-27(17-28(26)15-22)13-12-25-8-6-7-9-30(25)31;1-11-8-12(14(2,3)4)10-13(9-11)15(5,6)7;1-4-5-6(2)3;1-2/h4-20H,1-2H2,3H3;8-10H,1-7H3;4-6H,1-3H3;1-2H3/b21-14-;;5-4-;. The molecule has 0 spiro atoms. The second-order valence-corrected chi connectivity index (χ2v) is 17.1. The highest BCUT2D eigenvalue weighted by atomic mass is 16.1. The summed E-state index contributed by atoms with van der Waals surface area (Å²) in [5, 5.41) is 7.13. The maximum absolute atomic E-state index is 13.3. The Morgan fingerprint density at radius 1 is 0.638 bits per heavy atom. The van der Waals surface area contributed by atoms with E-state index in [4.69, 9.17) is 0 Å². The van der Waals surface area contributed by atoms with Gasteiger partial charge in [-0.3, -0.25) is 9.59 Å².